The van der Waals surface area contributed by atoms with E-state index in [4.69, 9.17) is 9.47 Å². The van der Waals surface area contributed by atoms with Gasteiger partial charge < -0.3 is 14.8 Å². The number of Topliss-reactive ketones (excluding diaryl/α,β-unsaturated/α-hetero) is 1. The molecule has 28 heavy (non-hydrogen) atoms. The highest BCUT2D eigenvalue weighted by Crippen LogP contribution is 2.24. The molecule has 7 heteroatoms. The van der Waals surface area contributed by atoms with E-state index in [1.54, 1.807) is 36.4 Å². The number of carbonyl (C=O) groups is 3. The first-order valence-electron chi connectivity index (χ1n) is 8.84. The van der Waals surface area contributed by atoms with Crippen LogP contribution in [0.3, 0.4) is 0 Å². The predicted molar refractivity (Wildman–Crippen MR) is 110 cm³/mol. The molecule has 0 saturated heterocycles. The van der Waals surface area contributed by atoms with Gasteiger partial charge in [0, 0.05) is 22.1 Å². The Kier molecular flexibility index (Phi) is 7.75. The molecule has 2 aromatic carbocycles. The van der Waals surface area contributed by atoms with E-state index in [2.05, 4.69) is 21.2 Å². The summed E-state index contributed by atoms with van der Waals surface area (Å²) < 4.78 is 11.0. The molecule has 6 nitrogen and oxygen atoms in total. The molecule has 0 aliphatic rings. The molecule has 1 atom stereocenters. The van der Waals surface area contributed by atoms with Crippen molar-refractivity contribution in [2.45, 2.75) is 32.8 Å². The van der Waals surface area contributed by atoms with E-state index >= 15 is 0 Å². The maximum absolute atomic E-state index is 12.6. The van der Waals surface area contributed by atoms with Crippen molar-refractivity contribution in [2.75, 3.05) is 12.4 Å². The predicted octanol–water partition coefficient (Wildman–Crippen LogP) is 4.62. The molecule has 2 aromatic rings. The van der Waals surface area contributed by atoms with Gasteiger partial charge in [-0.3, -0.25) is 9.59 Å². The van der Waals surface area contributed by atoms with Gasteiger partial charge in [0.2, 0.25) is 11.7 Å². The number of rotatable bonds is 8. The molecule has 0 aliphatic carbocycles. The minimum absolute atomic E-state index is 0.0762. The Morgan fingerprint density at radius 1 is 1.11 bits per heavy atom. The van der Waals surface area contributed by atoms with E-state index in [-0.39, 0.29) is 17.3 Å². The van der Waals surface area contributed by atoms with E-state index in [1.807, 2.05) is 6.92 Å². The van der Waals surface area contributed by atoms with Crippen LogP contribution in [0.4, 0.5) is 5.69 Å². The van der Waals surface area contributed by atoms with Crippen molar-refractivity contribution in [1.82, 2.24) is 0 Å². The van der Waals surface area contributed by atoms with Crippen LogP contribution in [0, 0.1) is 0 Å². The van der Waals surface area contributed by atoms with Crippen molar-refractivity contribution >= 4 is 39.3 Å². The Hall–Kier alpha value is -2.67. The first kappa shape index (κ1) is 21.6. The number of hydrogen-bond donors (Lipinski definition) is 1. The summed E-state index contributed by atoms with van der Waals surface area (Å²) in [6.45, 7) is 3.44. The van der Waals surface area contributed by atoms with Crippen LogP contribution in [-0.2, 0) is 9.53 Å². The van der Waals surface area contributed by atoms with Gasteiger partial charge in [-0.2, -0.15) is 0 Å². The van der Waals surface area contributed by atoms with Crippen molar-refractivity contribution in [1.29, 1.82) is 0 Å². The van der Waals surface area contributed by atoms with Crippen LogP contribution in [0.15, 0.2) is 46.9 Å². The molecule has 0 radical (unpaired) electrons. The Morgan fingerprint density at radius 2 is 1.79 bits per heavy atom. The number of anilines is 1. The lowest BCUT2D eigenvalue weighted by atomic mass is 10.1. The van der Waals surface area contributed by atoms with Gasteiger partial charge in [-0.05, 0) is 71.7 Å². The third-order valence-electron chi connectivity index (χ3n) is 3.98. The Labute approximate surface area is 172 Å². The van der Waals surface area contributed by atoms with Gasteiger partial charge in [0.25, 0.3) is 0 Å². The number of amides is 1. The second-order valence-corrected chi connectivity index (χ2v) is 6.99. The first-order valence-corrected chi connectivity index (χ1v) is 9.63. The van der Waals surface area contributed by atoms with Crippen LogP contribution in [-0.4, -0.2) is 30.9 Å². The van der Waals surface area contributed by atoms with Gasteiger partial charge in [0.1, 0.15) is 5.75 Å². The number of hydrogen-bond acceptors (Lipinski definition) is 5. The molecule has 0 saturated carbocycles. The summed E-state index contributed by atoms with van der Waals surface area (Å²) in [5, 5.41) is 2.76. The second kappa shape index (κ2) is 10.0. The molecule has 0 heterocycles. The summed E-state index contributed by atoms with van der Waals surface area (Å²) >= 11 is 3.29. The van der Waals surface area contributed by atoms with Crippen molar-refractivity contribution in [3.05, 3.63) is 58.1 Å². The van der Waals surface area contributed by atoms with Gasteiger partial charge >= 0.3 is 5.97 Å². The zero-order valence-electron chi connectivity index (χ0n) is 16.0. The van der Waals surface area contributed by atoms with E-state index in [0.717, 1.165) is 6.42 Å². The fraction of sp³-hybridized carbons (Fsp3) is 0.286. The van der Waals surface area contributed by atoms with E-state index in [0.29, 0.717) is 27.9 Å². The molecule has 0 fully saturated rings. The summed E-state index contributed by atoms with van der Waals surface area (Å²) in [7, 11) is 1.50. The number of ketones is 1. The van der Waals surface area contributed by atoms with Crippen LogP contribution in [0.2, 0.25) is 0 Å². The minimum atomic E-state index is -0.967. The van der Waals surface area contributed by atoms with Gasteiger partial charge in [-0.15, -0.1) is 0 Å². The fourth-order valence-corrected chi connectivity index (χ4v) is 2.88. The van der Waals surface area contributed by atoms with Crippen LogP contribution in [0.5, 0.6) is 5.75 Å². The van der Waals surface area contributed by atoms with Crippen LogP contribution in [0.1, 0.15) is 47.4 Å². The summed E-state index contributed by atoms with van der Waals surface area (Å²) in [5.41, 5.74) is 1.27. The zero-order valence-corrected chi connectivity index (χ0v) is 17.5. The number of nitrogens with one attached hydrogen (secondary N) is 1. The highest BCUT2D eigenvalue weighted by molar-refractivity contribution is 9.10. The van der Waals surface area contributed by atoms with E-state index < -0.39 is 12.1 Å². The summed E-state index contributed by atoms with van der Waals surface area (Å²) in [5.74, 6) is -0.531. The molecule has 1 N–H and O–H groups in total. The topological polar surface area (TPSA) is 81.7 Å². The molecule has 1 amide bonds. The lowest BCUT2D eigenvalue weighted by molar-refractivity contribution is -0.116. The normalized spacial score (nSPS) is 11.4. The molecule has 148 valence electrons. The number of esters is 1. The average Bonchev–Trinajstić information content (AvgIpc) is 2.68. The fourth-order valence-electron chi connectivity index (χ4n) is 2.47. The van der Waals surface area contributed by atoms with Crippen LogP contribution < -0.4 is 10.1 Å². The molecular weight excluding hydrogens is 426 g/mol. The molecule has 0 unspecified atom stereocenters. The molecule has 0 aromatic heterocycles. The number of ether oxygens (including phenoxy) is 2. The Morgan fingerprint density at radius 3 is 2.39 bits per heavy atom. The smallest absolute Gasteiger partial charge is 0.340 e. The standard InChI is InChI=1S/C21H22BrNO5/c1-4-5-19(24)23-15-8-6-14(7-9-15)20(25)13(2)28-21(26)17-12-16(27-3)10-11-18(17)22/h6-13H,4-5H2,1-3H3,(H,23,24)/t13-/m1/s1. The maximum Gasteiger partial charge on any atom is 0.340 e. The van der Waals surface area contributed by atoms with Crippen molar-refractivity contribution in [3.8, 4) is 5.75 Å². The van der Waals surface area contributed by atoms with E-state index in [9.17, 15) is 14.4 Å². The Balaban J connectivity index is 2.04. The molecule has 0 aliphatic heterocycles. The van der Waals surface area contributed by atoms with Gasteiger partial charge in [0.05, 0.1) is 12.7 Å². The quantitative estimate of drug-likeness (QED) is 0.471. The highest BCUT2D eigenvalue weighted by Gasteiger charge is 2.22. The number of methoxy groups -OCH3 is 1. The molecule has 2 rings (SSSR count). The number of carbonyl (C=O) groups excluding carboxylic acids is 3. The van der Waals surface area contributed by atoms with Crippen molar-refractivity contribution < 1.29 is 23.9 Å². The van der Waals surface area contributed by atoms with Crippen LogP contribution in [0.25, 0.3) is 0 Å². The third kappa shape index (κ3) is 5.66. The van der Waals surface area contributed by atoms with Crippen molar-refractivity contribution in [2.24, 2.45) is 0 Å². The zero-order chi connectivity index (χ0) is 20.7. The second-order valence-electron chi connectivity index (χ2n) is 6.13. The lowest BCUT2D eigenvalue weighted by Crippen LogP contribution is -2.24. The maximum atomic E-state index is 12.6. The average molecular weight is 448 g/mol. The largest absolute Gasteiger partial charge is 0.497 e. The minimum Gasteiger partial charge on any atom is -0.497 e. The van der Waals surface area contributed by atoms with Gasteiger partial charge in [-0.1, -0.05) is 6.92 Å². The first-order chi connectivity index (χ1) is 13.3. The van der Waals surface area contributed by atoms with Crippen molar-refractivity contribution in [3.63, 3.8) is 0 Å². The highest BCUT2D eigenvalue weighted by atomic mass is 79.9. The number of benzene rings is 2. The van der Waals surface area contributed by atoms with Crippen LogP contribution >= 0.6 is 15.9 Å². The molecular formula is C21H22BrNO5. The SMILES string of the molecule is CCCC(=O)Nc1ccc(C(=O)[C@@H](C)OC(=O)c2cc(OC)ccc2Br)cc1. The van der Waals surface area contributed by atoms with Gasteiger partial charge in [0.15, 0.2) is 6.10 Å². The Bertz CT molecular complexity index is 864. The van der Waals surface area contributed by atoms with Gasteiger partial charge in [-0.25, -0.2) is 4.79 Å². The van der Waals surface area contributed by atoms with E-state index in [1.165, 1.54) is 20.1 Å². The summed E-state index contributed by atoms with van der Waals surface area (Å²) in [6, 6.07) is 11.4. The monoisotopic (exact) mass is 447 g/mol. The third-order valence-corrected chi connectivity index (χ3v) is 4.67. The molecule has 0 spiro atoms. The molecule has 0 bridgehead atoms. The lowest BCUT2D eigenvalue weighted by Gasteiger charge is -2.14. The summed E-state index contributed by atoms with van der Waals surface area (Å²) in [4.78, 5) is 36.6. The number of halogens is 1. The summed E-state index contributed by atoms with van der Waals surface area (Å²) in [6.07, 6.45) is 0.230.